The summed E-state index contributed by atoms with van der Waals surface area (Å²) in [7, 11) is 5.59. The van der Waals surface area contributed by atoms with Crippen LogP contribution in [-0.2, 0) is 16.6 Å². The van der Waals surface area contributed by atoms with Gasteiger partial charge in [0.15, 0.2) is 0 Å². The lowest BCUT2D eigenvalue weighted by molar-refractivity contribution is -0.274. The van der Waals surface area contributed by atoms with Crippen LogP contribution in [0.4, 0.5) is 18.9 Å². The third-order valence-electron chi connectivity index (χ3n) is 3.96. The van der Waals surface area contributed by atoms with Crippen LogP contribution in [0.3, 0.4) is 0 Å². The highest BCUT2D eigenvalue weighted by atomic mass is 19.4. The molecule has 1 atom stereocenters. The van der Waals surface area contributed by atoms with E-state index in [1.807, 2.05) is 48.9 Å². The second kappa shape index (κ2) is 8.79. The van der Waals surface area contributed by atoms with Crippen molar-refractivity contribution in [3.63, 3.8) is 0 Å². The molecule has 0 aliphatic carbocycles. The van der Waals surface area contributed by atoms with Gasteiger partial charge in [0, 0.05) is 31.2 Å². The Kier molecular flexibility index (Phi) is 6.68. The summed E-state index contributed by atoms with van der Waals surface area (Å²) in [6.45, 7) is 0.204. The molecule has 0 bridgehead atoms. The molecule has 7 nitrogen and oxygen atoms in total. The number of likely N-dealkylation sites (N-methyl/N-ethyl adjacent to an activating group) is 1. The molecule has 0 aliphatic heterocycles. The van der Waals surface area contributed by atoms with E-state index in [1.165, 1.54) is 12.1 Å². The maximum absolute atomic E-state index is 12.1. The molecule has 2 amide bonds. The Bertz CT molecular complexity index is 816. The van der Waals surface area contributed by atoms with Crippen molar-refractivity contribution in [2.45, 2.75) is 12.4 Å². The van der Waals surface area contributed by atoms with E-state index in [1.54, 1.807) is 0 Å². The fourth-order valence-corrected chi connectivity index (χ4v) is 2.57. The number of rotatable bonds is 6. The minimum atomic E-state index is -4.80. The van der Waals surface area contributed by atoms with E-state index in [2.05, 4.69) is 15.4 Å². The molecular weight excluding hydrogens is 377 g/mol. The predicted octanol–water partition coefficient (Wildman–Crippen LogP) is 2.28. The second-order valence-electron chi connectivity index (χ2n) is 6.26. The minimum Gasteiger partial charge on any atom is -0.406 e. The van der Waals surface area contributed by atoms with Gasteiger partial charge in [-0.3, -0.25) is 14.5 Å². The number of benzene rings is 1. The molecule has 152 valence electrons. The van der Waals surface area contributed by atoms with E-state index in [0.29, 0.717) is 0 Å². The van der Waals surface area contributed by atoms with E-state index in [0.717, 1.165) is 17.8 Å². The highest BCUT2D eigenvalue weighted by Crippen LogP contribution is 2.24. The number of carbonyl (C=O) groups excluding carboxylic acids is 2. The lowest BCUT2D eigenvalue weighted by atomic mass is 10.2. The molecule has 0 fully saturated rings. The predicted molar refractivity (Wildman–Crippen MR) is 96.6 cm³/mol. The number of aromatic nitrogens is 1. The van der Waals surface area contributed by atoms with Crippen molar-refractivity contribution in [2.24, 2.45) is 7.05 Å². The minimum absolute atomic E-state index is 0.143. The normalized spacial score (nSPS) is 12.5. The van der Waals surface area contributed by atoms with Crippen LogP contribution in [0.15, 0.2) is 42.6 Å². The molecule has 2 N–H and O–H groups in total. The number of nitrogens with one attached hydrogen (secondary N) is 2. The van der Waals surface area contributed by atoms with Crippen molar-refractivity contribution >= 4 is 17.5 Å². The van der Waals surface area contributed by atoms with Gasteiger partial charge in [-0.2, -0.15) is 0 Å². The maximum atomic E-state index is 12.1. The number of aryl methyl sites for hydroxylation is 1. The van der Waals surface area contributed by atoms with Crippen molar-refractivity contribution in [2.75, 3.05) is 26.0 Å². The average molecular weight is 398 g/mol. The number of halogens is 3. The Morgan fingerprint density at radius 1 is 1.14 bits per heavy atom. The molecule has 0 spiro atoms. The van der Waals surface area contributed by atoms with Gasteiger partial charge in [-0.25, -0.2) is 0 Å². The van der Waals surface area contributed by atoms with Crippen molar-refractivity contribution < 1.29 is 27.5 Å². The van der Waals surface area contributed by atoms with Crippen LogP contribution in [0.5, 0.6) is 5.75 Å². The monoisotopic (exact) mass is 398 g/mol. The summed E-state index contributed by atoms with van der Waals surface area (Å²) in [5.74, 6) is -2.20. The molecule has 0 aliphatic rings. The van der Waals surface area contributed by atoms with Crippen LogP contribution >= 0.6 is 0 Å². The molecule has 0 saturated heterocycles. The topological polar surface area (TPSA) is 75.6 Å². The first kappa shape index (κ1) is 21.3. The Labute approximate surface area is 160 Å². The fourth-order valence-electron chi connectivity index (χ4n) is 2.57. The molecule has 0 unspecified atom stereocenters. The molecule has 10 heteroatoms. The van der Waals surface area contributed by atoms with Gasteiger partial charge in [0.2, 0.25) is 0 Å². The summed E-state index contributed by atoms with van der Waals surface area (Å²) in [6, 6.07) is 8.15. The van der Waals surface area contributed by atoms with Crippen LogP contribution in [-0.4, -0.2) is 48.3 Å². The zero-order chi connectivity index (χ0) is 20.9. The van der Waals surface area contributed by atoms with Crippen molar-refractivity contribution in [1.82, 2.24) is 14.8 Å². The highest BCUT2D eigenvalue weighted by molar-refractivity contribution is 6.39. The third-order valence-corrected chi connectivity index (χ3v) is 3.96. The van der Waals surface area contributed by atoms with Crippen LogP contribution in [0, 0.1) is 0 Å². The molecule has 1 heterocycles. The first-order chi connectivity index (χ1) is 13.1. The summed E-state index contributed by atoms with van der Waals surface area (Å²) < 4.78 is 42.1. The van der Waals surface area contributed by atoms with Gasteiger partial charge in [-0.1, -0.05) is 0 Å². The molecule has 2 aromatic rings. The summed E-state index contributed by atoms with van der Waals surface area (Å²) in [6.07, 6.45) is -2.92. The molecule has 0 saturated carbocycles. The van der Waals surface area contributed by atoms with E-state index < -0.39 is 23.9 Å². The molecule has 2 rings (SSSR count). The van der Waals surface area contributed by atoms with Crippen LogP contribution in [0.1, 0.15) is 11.7 Å². The zero-order valence-electron chi connectivity index (χ0n) is 15.6. The van der Waals surface area contributed by atoms with E-state index in [9.17, 15) is 22.8 Å². The number of alkyl halides is 3. The van der Waals surface area contributed by atoms with Crippen LogP contribution in [0.25, 0.3) is 0 Å². The number of amides is 2. The lowest BCUT2D eigenvalue weighted by Crippen LogP contribution is -2.40. The number of nitrogens with zero attached hydrogens (tertiary/aromatic N) is 2. The van der Waals surface area contributed by atoms with Gasteiger partial charge in [0.1, 0.15) is 5.75 Å². The molecule has 1 aromatic carbocycles. The van der Waals surface area contributed by atoms with Crippen LogP contribution in [0.2, 0.25) is 0 Å². The summed E-state index contributed by atoms with van der Waals surface area (Å²) in [5.41, 5.74) is 1.13. The van der Waals surface area contributed by atoms with Crippen molar-refractivity contribution in [3.8, 4) is 5.75 Å². The summed E-state index contributed by atoms with van der Waals surface area (Å²) in [4.78, 5) is 26.0. The maximum Gasteiger partial charge on any atom is 0.573 e. The number of hydrogen-bond donors (Lipinski definition) is 2. The Balaban J connectivity index is 1.92. The number of hydrogen-bond acceptors (Lipinski definition) is 4. The number of anilines is 1. The summed E-state index contributed by atoms with van der Waals surface area (Å²) >= 11 is 0. The quantitative estimate of drug-likeness (QED) is 0.733. The summed E-state index contributed by atoms with van der Waals surface area (Å²) in [5, 5.41) is 4.89. The highest BCUT2D eigenvalue weighted by Gasteiger charge is 2.31. The molecule has 28 heavy (non-hydrogen) atoms. The van der Waals surface area contributed by atoms with Gasteiger partial charge in [-0.05, 0) is 50.5 Å². The van der Waals surface area contributed by atoms with E-state index in [4.69, 9.17) is 0 Å². The smallest absolute Gasteiger partial charge is 0.406 e. The SMILES string of the molecule is CN(C)[C@@H](CNC(=O)C(=O)Nc1ccc(OC(F)(F)F)cc1)c1cccn1C. The van der Waals surface area contributed by atoms with Gasteiger partial charge >= 0.3 is 18.2 Å². The molecule has 1 aromatic heterocycles. The van der Waals surface area contributed by atoms with E-state index in [-0.39, 0.29) is 18.3 Å². The standard InChI is InChI=1S/C18H21F3N4O3/c1-24(2)15(14-5-4-10-25(14)3)11-22-16(26)17(27)23-12-6-8-13(9-7-12)28-18(19,20)21/h4-10,15H,11H2,1-3H3,(H,22,26)(H,23,27)/t15-/m0/s1. The fraction of sp³-hybridized carbons (Fsp3) is 0.333. The van der Waals surface area contributed by atoms with Crippen molar-refractivity contribution in [1.29, 1.82) is 0 Å². The average Bonchev–Trinajstić information content (AvgIpc) is 3.01. The first-order valence-corrected chi connectivity index (χ1v) is 8.29. The van der Waals surface area contributed by atoms with E-state index >= 15 is 0 Å². The third kappa shape index (κ3) is 6.02. The van der Waals surface area contributed by atoms with Crippen molar-refractivity contribution in [3.05, 3.63) is 48.3 Å². The van der Waals surface area contributed by atoms with Gasteiger partial charge in [0.05, 0.1) is 6.04 Å². The second-order valence-corrected chi connectivity index (χ2v) is 6.26. The molecular formula is C18H21F3N4O3. The Hall–Kier alpha value is -3.01. The largest absolute Gasteiger partial charge is 0.573 e. The lowest BCUT2D eigenvalue weighted by Gasteiger charge is -2.25. The van der Waals surface area contributed by atoms with Gasteiger partial charge < -0.3 is 19.9 Å². The number of carbonyl (C=O) groups is 2. The Morgan fingerprint density at radius 3 is 2.29 bits per heavy atom. The Morgan fingerprint density at radius 2 is 1.79 bits per heavy atom. The molecule has 0 radical (unpaired) electrons. The number of ether oxygens (including phenoxy) is 1. The zero-order valence-corrected chi connectivity index (χ0v) is 15.6. The van der Waals surface area contributed by atoms with Gasteiger partial charge in [-0.15, -0.1) is 13.2 Å². The van der Waals surface area contributed by atoms with Gasteiger partial charge in [0.25, 0.3) is 0 Å². The van der Waals surface area contributed by atoms with Crippen LogP contribution < -0.4 is 15.4 Å². The first-order valence-electron chi connectivity index (χ1n) is 8.29.